The third kappa shape index (κ3) is 5.57. The van der Waals surface area contributed by atoms with Crippen LogP contribution in [0.2, 0.25) is 0 Å². The minimum atomic E-state index is -0.501. The molecule has 1 aliphatic rings. The Morgan fingerprint density at radius 3 is 2.68 bits per heavy atom. The Bertz CT molecular complexity index is 799. The minimum absolute atomic E-state index is 0.0715. The fourth-order valence-corrected chi connectivity index (χ4v) is 3.34. The third-order valence-electron chi connectivity index (χ3n) is 4.63. The number of nitrogens with zero attached hydrogens (tertiary/aromatic N) is 1. The largest absolute Gasteiger partial charge is 0.444 e. The van der Waals surface area contributed by atoms with Crippen LogP contribution in [0, 0.1) is 0 Å². The number of carbonyl (C=O) groups excluding carboxylic acids is 1. The van der Waals surface area contributed by atoms with Crippen molar-refractivity contribution in [2.45, 2.75) is 45.6 Å². The van der Waals surface area contributed by atoms with E-state index in [-0.39, 0.29) is 6.10 Å². The Kier molecular flexibility index (Phi) is 6.37. The summed E-state index contributed by atoms with van der Waals surface area (Å²) in [6.07, 6.45) is -0.473. The van der Waals surface area contributed by atoms with Crippen molar-refractivity contribution < 1.29 is 14.3 Å². The van der Waals surface area contributed by atoms with Crippen molar-refractivity contribution in [1.29, 1.82) is 0 Å². The molecular weight excluding hydrogens is 352 g/mol. The van der Waals surface area contributed by atoms with Crippen molar-refractivity contribution in [1.82, 2.24) is 10.2 Å². The molecule has 2 aromatic rings. The van der Waals surface area contributed by atoms with Crippen molar-refractivity contribution in [3.05, 3.63) is 70.8 Å². The zero-order valence-corrected chi connectivity index (χ0v) is 17.2. The highest BCUT2D eigenvalue weighted by atomic mass is 16.6. The Labute approximate surface area is 167 Å². The van der Waals surface area contributed by atoms with Gasteiger partial charge in [0.2, 0.25) is 0 Å². The van der Waals surface area contributed by atoms with E-state index in [9.17, 15) is 4.79 Å². The van der Waals surface area contributed by atoms with Crippen LogP contribution in [-0.2, 0) is 22.6 Å². The van der Waals surface area contributed by atoms with E-state index >= 15 is 0 Å². The van der Waals surface area contributed by atoms with Crippen LogP contribution in [-0.4, -0.2) is 36.8 Å². The molecule has 0 aromatic heterocycles. The van der Waals surface area contributed by atoms with Crippen LogP contribution in [0.1, 0.15) is 49.1 Å². The number of hydrogen-bond acceptors (Lipinski definition) is 4. The van der Waals surface area contributed by atoms with Gasteiger partial charge in [0.25, 0.3) is 0 Å². The van der Waals surface area contributed by atoms with E-state index in [1.54, 1.807) is 0 Å². The highest BCUT2D eigenvalue weighted by Crippen LogP contribution is 2.31. The number of likely N-dealkylation sites (N-methyl/N-ethyl adjacent to an activating group) is 1. The maximum atomic E-state index is 11.9. The predicted octanol–water partition coefficient (Wildman–Crippen LogP) is 4.26. The highest BCUT2D eigenvalue weighted by molar-refractivity contribution is 5.67. The van der Waals surface area contributed by atoms with Crippen molar-refractivity contribution in [2.75, 3.05) is 20.2 Å². The lowest BCUT2D eigenvalue weighted by Gasteiger charge is -2.29. The fourth-order valence-electron chi connectivity index (χ4n) is 3.34. The number of benzene rings is 2. The summed E-state index contributed by atoms with van der Waals surface area (Å²) in [7, 11) is 2.10. The highest BCUT2D eigenvalue weighted by Gasteiger charge is 2.22. The van der Waals surface area contributed by atoms with E-state index in [4.69, 9.17) is 9.47 Å². The van der Waals surface area contributed by atoms with Gasteiger partial charge in [-0.25, -0.2) is 4.79 Å². The van der Waals surface area contributed by atoms with Crippen LogP contribution in [0.15, 0.2) is 48.5 Å². The Balaban J connectivity index is 1.81. The standard InChI is InChI=1S/C23H30N2O3/c1-23(2,3)28-22(26)24-15-17-10-11-20-19(14-17)16-25(4)12-13-27-21(20)18-8-6-5-7-9-18/h5-11,14,21H,12-13,15-16H2,1-4H3,(H,24,26). The SMILES string of the molecule is CN1CCOC(c2ccccc2)c2ccc(CNC(=O)OC(C)(C)C)cc2C1. The van der Waals surface area contributed by atoms with Crippen molar-refractivity contribution in [3.8, 4) is 0 Å². The normalized spacial score (nSPS) is 17.9. The molecule has 1 N–H and O–H groups in total. The van der Waals surface area contributed by atoms with Crippen LogP contribution in [0.4, 0.5) is 4.79 Å². The second-order valence-electron chi connectivity index (χ2n) is 8.29. The van der Waals surface area contributed by atoms with Crippen molar-refractivity contribution >= 4 is 6.09 Å². The van der Waals surface area contributed by atoms with Gasteiger partial charge in [0.15, 0.2) is 0 Å². The molecule has 0 bridgehead atoms. The molecule has 5 nitrogen and oxygen atoms in total. The van der Waals surface area contributed by atoms with Gasteiger partial charge in [-0.05, 0) is 50.1 Å². The van der Waals surface area contributed by atoms with Gasteiger partial charge in [0, 0.05) is 19.6 Å². The number of fused-ring (bicyclic) bond motifs is 1. The van der Waals surface area contributed by atoms with Gasteiger partial charge in [0.1, 0.15) is 11.7 Å². The summed E-state index contributed by atoms with van der Waals surface area (Å²) in [5.74, 6) is 0. The molecule has 0 aliphatic carbocycles. The van der Waals surface area contributed by atoms with E-state index in [1.807, 2.05) is 39.0 Å². The number of nitrogens with one attached hydrogen (secondary N) is 1. The van der Waals surface area contributed by atoms with Gasteiger partial charge in [-0.3, -0.25) is 4.90 Å². The first-order chi connectivity index (χ1) is 13.3. The molecule has 0 spiro atoms. The molecule has 28 heavy (non-hydrogen) atoms. The minimum Gasteiger partial charge on any atom is -0.444 e. The van der Waals surface area contributed by atoms with Crippen LogP contribution < -0.4 is 5.32 Å². The number of carbonyl (C=O) groups is 1. The van der Waals surface area contributed by atoms with Crippen LogP contribution in [0.5, 0.6) is 0 Å². The molecule has 1 aliphatic heterocycles. The van der Waals surface area contributed by atoms with Crippen LogP contribution >= 0.6 is 0 Å². The molecule has 0 saturated carbocycles. The summed E-state index contributed by atoms with van der Waals surface area (Å²) >= 11 is 0. The quantitative estimate of drug-likeness (QED) is 0.862. The average molecular weight is 383 g/mol. The van der Waals surface area contributed by atoms with E-state index in [0.717, 1.165) is 24.2 Å². The molecule has 1 amide bonds. The lowest BCUT2D eigenvalue weighted by molar-refractivity contribution is 0.0521. The molecule has 0 fully saturated rings. The molecule has 2 aromatic carbocycles. The maximum absolute atomic E-state index is 11.9. The summed E-state index contributed by atoms with van der Waals surface area (Å²) in [6, 6.07) is 16.7. The van der Waals surface area contributed by atoms with Gasteiger partial charge in [-0.2, -0.15) is 0 Å². The topological polar surface area (TPSA) is 50.8 Å². The molecule has 0 radical (unpaired) electrons. The fraction of sp³-hybridized carbons (Fsp3) is 0.435. The van der Waals surface area contributed by atoms with Gasteiger partial charge < -0.3 is 14.8 Å². The average Bonchev–Trinajstić information content (AvgIpc) is 2.62. The summed E-state index contributed by atoms with van der Waals surface area (Å²) < 4.78 is 11.5. The van der Waals surface area contributed by atoms with E-state index < -0.39 is 11.7 Å². The zero-order valence-electron chi connectivity index (χ0n) is 17.2. The molecule has 150 valence electrons. The van der Waals surface area contributed by atoms with Crippen LogP contribution in [0.25, 0.3) is 0 Å². The van der Waals surface area contributed by atoms with Gasteiger partial charge >= 0.3 is 6.09 Å². The molecular formula is C23H30N2O3. The van der Waals surface area contributed by atoms with E-state index in [0.29, 0.717) is 13.2 Å². The molecule has 3 rings (SSSR count). The number of amides is 1. The third-order valence-corrected chi connectivity index (χ3v) is 4.63. The number of hydrogen-bond donors (Lipinski definition) is 1. The number of ether oxygens (including phenoxy) is 2. The number of rotatable bonds is 3. The molecule has 1 unspecified atom stereocenters. The van der Waals surface area contributed by atoms with E-state index in [2.05, 4.69) is 47.6 Å². The Hall–Kier alpha value is -2.37. The molecule has 1 heterocycles. The van der Waals surface area contributed by atoms with Gasteiger partial charge in [0.05, 0.1) is 6.61 Å². The van der Waals surface area contributed by atoms with E-state index in [1.165, 1.54) is 11.1 Å². The predicted molar refractivity (Wildman–Crippen MR) is 110 cm³/mol. The molecule has 0 saturated heterocycles. The summed E-state index contributed by atoms with van der Waals surface area (Å²) in [4.78, 5) is 14.2. The smallest absolute Gasteiger partial charge is 0.407 e. The summed E-state index contributed by atoms with van der Waals surface area (Å²) in [5, 5.41) is 2.84. The first kappa shape index (κ1) is 20.4. The second kappa shape index (κ2) is 8.76. The van der Waals surface area contributed by atoms with Gasteiger partial charge in [-0.15, -0.1) is 0 Å². The first-order valence-corrected chi connectivity index (χ1v) is 9.75. The summed E-state index contributed by atoms with van der Waals surface area (Å²) in [5.41, 5.74) is 4.11. The lowest BCUT2D eigenvalue weighted by Crippen LogP contribution is -2.32. The Morgan fingerprint density at radius 1 is 1.21 bits per heavy atom. The lowest BCUT2D eigenvalue weighted by atomic mass is 9.94. The second-order valence-corrected chi connectivity index (χ2v) is 8.29. The maximum Gasteiger partial charge on any atom is 0.407 e. The zero-order chi connectivity index (χ0) is 20.1. The van der Waals surface area contributed by atoms with Crippen LogP contribution in [0.3, 0.4) is 0 Å². The Morgan fingerprint density at radius 2 is 1.96 bits per heavy atom. The van der Waals surface area contributed by atoms with Gasteiger partial charge in [-0.1, -0.05) is 48.5 Å². The number of alkyl carbamates (subject to hydrolysis) is 1. The summed E-state index contributed by atoms with van der Waals surface area (Å²) in [6.45, 7) is 8.43. The first-order valence-electron chi connectivity index (χ1n) is 9.75. The molecule has 1 atom stereocenters. The van der Waals surface area contributed by atoms with Crippen molar-refractivity contribution in [2.24, 2.45) is 0 Å². The molecule has 5 heteroatoms. The monoisotopic (exact) mass is 382 g/mol. The van der Waals surface area contributed by atoms with Crippen molar-refractivity contribution in [3.63, 3.8) is 0 Å².